The molecule has 0 fully saturated rings. The maximum absolute atomic E-state index is 11.9. The summed E-state index contributed by atoms with van der Waals surface area (Å²) >= 11 is 3.26. The molecule has 0 aliphatic rings. The molecule has 0 atom stereocenters. The first-order valence-corrected chi connectivity index (χ1v) is 6.16. The van der Waals surface area contributed by atoms with Crippen molar-refractivity contribution in [3.05, 3.63) is 28.2 Å². The first-order chi connectivity index (χ1) is 8.22. The van der Waals surface area contributed by atoms with Gasteiger partial charge in [0, 0.05) is 22.3 Å². The SMILES string of the molecule is CC(C)(CNC(=O)c1cc(N)cc(Br)c1)C(N)=O. The minimum Gasteiger partial charge on any atom is -0.399 e. The Hall–Kier alpha value is -1.56. The van der Waals surface area contributed by atoms with Crippen LogP contribution in [0.3, 0.4) is 0 Å². The topological polar surface area (TPSA) is 98.2 Å². The maximum atomic E-state index is 11.9. The summed E-state index contributed by atoms with van der Waals surface area (Å²) in [7, 11) is 0. The van der Waals surface area contributed by atoms with Crippen LogP contribution < -0.4 is 16.8 Å². The molecule has 0 saturated carbocycles. The van der Waals surface area contributed by atoms with E-state index in [4.69, 9.17) is 11.5 Å². The van der Waals surface area contributed by atoms with Crippen molar-refractivity contribution in [3.8, 4) is 0 Å². The zero-order valence-corrected chi connectivity index (χ0v) is 11.9. The summed E-state index contributed by atoms with van der Waals surface area (Å²) in [5, 5.41) is 2.66. The van der Waals surface area contributed by atoms with Gasteiger partial charge in [-0.1, -0.05) is 15.9 Å². The number of nitrogen functional groups attached to an aromatic ring is 1. The van der Waals surface area contributed by atoms with Crippen molar-refractivity contribution in [2.75, 3.05) is 12.3 Å². The van der Waals surface area contributed by atoms with Crippen molar-refractivity contribution in [2.24, 2.45) is 11.1 Å². The Bertz CT molecular complexity index is 466. The molecule has 1 aromatic rings. The number of rotatable bonds is 4. The van der Waals surface area contributed by atoms with E-state index in [9.17, 15) is 9.59 Å². The first kappa shape index (κ1) is 14.5. The van der Waals surface area contributed by atoms with Crippen molar-refractivity contribution < 1.29 is 9.59 Å². The number of hydrogen-bond donors (Lipinski definition) is 3. The summed E-state index contributed by atoms with van der Waals surface area (Å²) in [6.07, 6.45) is 0. The van der Waals surface area contributed by atoms with Crippen molar-refractivity contribution in [2.45, 2.75) is 13.8 Å². The highest BCUT2D eigenvalue weighted by Gasteiger charge is 2.25. The van der Waals surface area contributed by atoms with E-state index in [0.29, 0.717) is 11.3 Å². The fraction of sp³-hybridized carbons (Fsp3) is 0.333. The number of nitrogens with one attached hydrogen (secondary N) is 1. The van der Waals surface area contributed by atoms with Gasteiger partial charge >= 0.3 is 0 Å². The number of primary amides is 1. The van der Waals surface area contributed by atoms with Crippen LogP contribution in [0.25, 0.3) is 0 Å². The molecule has 1 aromatic carbocycles. The quantitative estimate of drug-likeness (QED) is 0.730. The molecule has 98 valence electrons. The Labute approximate surface area is 114 Å². The van der Waals surface area contributed by atoms with Gasteiger partial charge in [0.15, 0.2) is 0 Å². The lowest BCUT2D eigenvalue weighted by Crippen LogP contribution is -2.42. The third kappa shape index (κ3) is 3.73. The standard InChI is InChI=1S/C12H16BrN3O2/c1-12(2,11(15)18)6-16-10(17)7-3-8(13)5-9(14)4-7/h3-5H,6,14H2,1-2H3,(H2,15,18)(H,16,17). The Balaban J connectivity index is 2.75. The molecule has 0 aromatic heterocycles. The van der Waals surface area contributed by atoms with Crippen LogP contribution in [0.5, 0.6) is 0 Å². The second-order valence-corrected chi connectivity index (χ2v) is 5.62. The normalized spacial score (nSPS) is 11.1. The van der Waals surface area contributed by atoms with E-state index in [1.807, 2.05) is 0 Å². The minimum atomic E-state index is -0.785. The predicted octanol–water partition coefficient (Wildman–Crippen LogP) is 1.27. The van der Waals surface area contributed by atoms with Gasteiger partial charge in [-0.15, -0.1) is 0 Å². The van der Waals surface area contributed by atoms with E-state index in [2.05, 4.69) is 21.2 Å². The van der Waals surface area contributed by atoms with Crippen LogP contribution in [-0.4, -0.2) is 18.4 Å². The van der Waals surface area contributed by atoms with Gasteiger partial charge in [0.05, 0.1) is 5.41 Å². The summed E-state index contributed by atoms with van der Waals surface area (Å²) < 4.78 is 0.724. The lowest BCUT2D eigenvalue weighted by Gasteiger charge is -2.20. The number of carbonyl (C=O) groups is 2. The van der Waals surface area contributed by atoms with Crippen molar-refractivity contribution in [1.29, 1.82) is 0 Å². The first-order valence-electron chi connectivity index (χ1n) is 5.36. The summed E-state index contributed by atoms with van der Waals surface area (Å²) in [5.74, 6) is -0.756. The molecule has 0 aliphatic carbocycles. The average Bonchev–Trinajstić information content (AvgIpc) is 2.24. The molecule has 1 rings (SSSR count). The Morgan fingerprint density at radius 3 is 2.44 bits per heavy atom. The van der Waals surface area contributed by atoms with Crippen LogP contribution in [0, 0.1) is 5.41 Å². The summed E-state index contributed by atoms with van der Waals surface area (Å²) in [6, 6.07) is 4.92. The smallest absolute Gasteiger partial charge is 0.251 e. The van der Waals surface area contributed by atoms with Crippen LogP contribution >= 0.6 is 15.9 Å². The zero-order valence-electron chi connectivity index (χ0n) is 10.3. The minimum absolute atomic E-state index is 0.174. The molecular weight excluding hydrogens is 298 g/mol. The Kier molecular flexibility index (Phi) is 4.34. The summed E-state index contributed by atoms with van der Waals surface area (Å²) in [4.78, 5) is 23.0. The van der Waals surface area contributed by atoms with Crippen LogP contribution in [-0.2, 0) is 4.79 Å². The van der Waals surface area contributed by atoms with Crippen molar-refractivity contribution in [1.82, 2.24) is 5.32 Å². The fourth-order valence-corrected chi connectivity index (χ4v) is 1.74. The molecule has 0 unspecified atom stereocenters. The molecule has 0 aliphatic heterocycles. The van der Waals surface area contributed by atoms with Crippen LogP contribution in [0.2, 0.25) is 0 Å². The molecule has 5 N–H and O–H groups in total. The second-order valence-electron chi connectivity index (χ2n) is 4.70. The highest BCUT2D eigenvalue weighted by Crippen LogP contribution is 2.18. The lowest BCUT2D eigenvalue weighted by molar-refractivity contribution is -0.125. The molecule has 0 spiro atoms. The molecule has 2 amide bonds. The molecule has 5 nitrogen and oxygen atoms in total. The van der Waals surface area contributed by atoms with Gasteiger partial charge in [-0.25, -0.2) is 0 Å². The number of hydrogen-bond acceptors (Lipinski definition) is 3. The fourth-order valence-electron chi connectivity index (χ4n) is 1.23. The number of anilines is 1. The molecule has 6 heteroatoms. The summed E-state index contributed by atoms with van der Waals surface area (Å²) in [6.45, 7) is 3.52. The van der Waals surface area contributed by atoms with Crippen LogP contribution in [0.4, 0.5) is 5.69 Å². The molecule has 0 heterocycles. The van der Waals surface area contributed by atoms with Crippen molar-refractivity contribution >= 4 is 33.4 Å². The summed E-state index contributed by atoms with van der Waals surface area (Å²) in [5.41, 5.74) is 11.0. The van der Waals surface area contributed by atoms with Gasteiger partial charge < -0.3 is 16.8 Å². The second kappa shape index (κ2) is 5.39. The predicted molar refractivity (Wildman–Crippen MR) is 73.9 cm³/mol. The third-order valence-corrected chi connectivity index (χ3v) is 3.00. The van der Waals surface area contributed by atoms with Crippen LogP contribution in [0.1, 0.15) is 24.2 Å². The van der Waals surface area contributed by atoms with Gasteiger partial charge in [-0.2, -0.15) is 0 Å². The van der Waals surface area contributed by atoms with E-state index in [1.54, 1.807) is 32.0 Å². The van der Waals surface area contributed by atoms with Gasteiger partial charge in [0.2, 0.25) is 5.91 Å². The molecule has 0 saturated heterocycles. The van der Waals surface area contributed by atoms with Gasteiger partial charge in [-0.05, 0) is 32.0 Å². The van der Waals surface area contributed by atoms with Gasteiger partial charge in [0.25, 0.3) is 5.91 Å². The van der Waals surface area contributed by atoms with Gasteiger partial charge in [-0.3, -0.25) is 9.59 Å². The molecule has 0 radical (unpaired) electrons. The van der Waals surface area contributed by atoms with Gasteiger partial charge in [0.1, 0.15) is 0 Å². The Morgan fingerprint density at radius 2 is 1.94 bits per heavy atom. The number of carbonyl (C=O) groups excluding carboxylic acids is 2. The molecular formula is C12H16BrN3O2. The molecule has 0 bridgehead atoms. The van der Waals surface area contributed by atoms with E-state index in [1.165, 1.54) is 0 Å². The Morgan fingerprint density at radius 1 is 1.33 bits per heavy atom. The van der Waals surface area contributed by atoms with Crippen molar-refractivity contribution in [3.63, 3.8) is 0 Å². The van der Waals surface area contributed by atoms with E-state index >= 15 is 0 Å². The number of benzene rings is 1. The lowest BCUT2D eigenvalue weighted by atomic mass is 9.92. The number of halogens is 1. The monoisotopic (exact) mass is 313 g/mol. The average molecular weight is 314 g/mol. The number of nitrogens with two attached hydrogens (primary N) is 2. The highest BCUT2D eigenvalue weighted by molar-refractivity contribution is 9.10. The maximum Gasteiger partial charge on any atom is 0.251 e. The van der Waals surface area contributed by atoms with Crippen LogP contribution in [0.15, 0.2) is 22.7 Å². The van der Waals surface area contributed by atoms with E-state index < -0.39 is 11.3 Å². The highest BCUT2D eigenvalue weighted by atomic mass is 79.9. The van der Waals surface area contributed by atoms with E-state index in [0.717, 1.165) is 4.47 Å². The zero-order chi connectivity index (χ0) is 13.9. The number of amides is 2. The largest absolute Gasteiger partial charge is 0.399 e. The third-order valence-electron chi connectivity index (χ3n) is 2.54. The van der Waals surface area contributed by atoms with E-state index in [-0.39, 0.29) is 12.5 Å². The molecule has 18 heavy (non-hydrogen) atoms.